The first kappa shape index (κ1) is 12.9. The summed E-state index contributed by atoms with van der Waals surface area (Å²) in [5.41, 5.74) is 0.186. The minimum absolute atomic E-state index is 0.0110. The third-order valence-corrected chi connectivity index (χ3v) is 4.98. The van der Waals surface area contributed by atoms with E-state index in [0.717, 1.165) is 23.6 Å². The maximum Gasteiger partial charge on any atom is 0.221 e. The Bertz CT molecular complexity index is 412. The van der Waals surface area contributed by atoms with Crippen LogP contribution in [-0.2, 0) is 4.79 Å². The van der Waals surface area contributed by atoms with Crippen LogP contribution in [0.1, 0.15) is 42.1 Å². The van der Waals surface area contributed by atoms with Crippen molar-refractivity contribution in [2.45, 2.75) is 39.2 Å². The van der Waals surface area contributed by atoms with E-state index < -0.39 is 0 Å². The van der Waals surface area contributed by atoms with Gasteiger partial charge in [0.1, 0.15) is 5.01 Å². The Hall–Kier alpha value is -0.550. The molecule has 1 unspecified atom stereocenters. The first-order valence-electron chi connectivity index (χ1n) is 5.87. The van der Waals surface area contributed by atoms with E-state index in [-0.39, 0.29) is 17.4 Å². The van der Waals surface area contributed by atoms with E-state index in [1.807, 2.05) is 20.0 Å². The van der Waals surface area contributed by atoms with E-state index in [1.165, 1.54) is 4.88 Å². The summed E-state index contributed by atoms with van der Waals surface area (Å²) in [6, 6.07) is 0.0110. The second kappa shape index (κ2) is 4.98. The molecule has 1 aromatic rings. The van der Waals surface area contributed by atoms with E-state index in [4.69, 9.17) is 0 Å². The second-order valence-corrected chi connectivity index (χ2v) is 6.52. The lowest BCUT2D eigenvalue weighted by atomic mass is 10.0. The number of nitrogens with one attached hydrogen (secondary N) is 1. The third kappa shape index (κ3) is 3.22. The highest BCUT2D eigenvalue weighted by atomic mass is 32.1. The molecule has 0 radical (unpaired) electrons. The lowest BCUT2D eigenvalue weighted by Crippen LogP contribution is -2.29. The Morgan fingerprint density at radius 1 is 1.71 bits per heavy atom. The fourth-order valence-corrected chi connectivity index (χ4v) is 3.04. The minimum atomic E-state index is 0.0110. The molecule has 1 N–H and O–H groups in total. The molecule has 1 fully saturated rings. The van der Waals surface area contributed by atoms with Gasteiger partial charge in [0.05, 0.1) is 6.04 Å². The lowest BCUT2D eigenvalue weighted by molar-refractivity contribution is -0.122. The maximum absolute atomic E-state index is 11.9. The molecule has 1 heterocycles. The van der Waals surface area contributed by atoms with Crippen LogP contribution in [-0.4, -0.2) is 16.6 Å². The third-order valence-electron chi connectivity index (χ3n) is 3.22. The van der Waals surface area contributed by atoms with Crippen molar-refractivity contribution in [1.29, 1.82) is 0 Å². The van der Waals surface area contributed by atoms with Gasteiger partial charge in [0.25, 0.3) is 0 Å². The van der Waals surface area contributed by atoms with Crippen LogP contribution in [0.15, 0.2) is 6.20 Å². The molecule has 1 aliphatic rings. The number of hydrogen-bond donors (Lipinski definition) is 2. The number of hydrogen-bond acceptors (Lipinski definition) is 4. The van der Waals surface area contributed by atoms with Crippen molar-refractivity contribution in [3.05, 3.63) is 16.1 Å². The molecule has 1 aromatic heterocycles. The van der Waals surface area contributed by atoms with Gasteiger partial charge in [-0.25, -0.2) is 4.98 Å². The summed E-state index contributed by atoms with van der Waals surface area (Å²) in [6.45, 7) is 4.01. The highest BCUT2D eigenvalue weighted by Gasteiger charge is 2.43. The summed E-state index contributed by atoms with van der Waals surface area (Å²) >= 11 is 5.95. The first-order valence-corrected chi connectivity index (χ1v) is 7.32. The summed E-state index contributed by atoms with van der Waals surface area (Å²) in [5.74, 6) is 0.933. The molecule has 1 saturated carbocycles. The summed E-state index contributed by atoms with van der Waals surface area (Å²) in [4.78, 5) is 17.3. The normalized spacial score (nSPS) is 18.8. The van der Waals surface area contributed by atoms with Crippen LogP contribution < -0.4 is 5.32 Å². The number of thiol groups is 1. The molecule has 1 amide bonds. The number of rotatable bonds is 5. The van der Waals surface area contributed by atoms with Gasteiger partial charge in [-0.3, -0.25) is 4.79 Å². The molecule has 3 nitrogen and oxygen atoms in total. The molecule has 0 spiro atoms. The Labute approximate surface area is 111 Å². The smallest absolute Gasteiger partial charge is 0.221 e. The van der Waals surface area contributed by atoms with Gasteiger partial charge in [-0.05, 0) is 37.9 Å². The predicted molar refractivity (Wildman–Crippen MR) is 73.5 cm³/mol. The summed E-state index contributed by atoms with van der Waals surface area (Å²) in [5, 5.41) is 3.99. The van der Waals surface area contributed by atoms with Gasteiger partial charge < -0.3 is 5.32 Å². The van der Waals surface area contributed by atoms with Crippen LogP contribution in [0.5, 0.6) is 0 Å². The van der Waals surface area contributed by atoms with E-state index in [1.54, 1.807) is 11.3 Å². The molecule has 2 rings (SSSR count). The SMILES string of the molecule is Cc1cnc(C(C)NC(=O)CC2(CS)CC2)s1. The van der Waals surface area contributed by atoms with Crippen LogP contribution in [0.2, 0.25) is 0 Å². The zero-order valence-corrected chi connectivity index (χ0v) is 11.9. The zero-order chi connectivity index (χ0) is 12.5. The van der Waals surface area contributed by atoms with E-state index in [2.05, 4.69) is 22.9 Å². The fraction of sp³-hybridized carbons (Fsp3) is 0.667. The largest absolute Gasteiger partial charge is 0.347 e. The number of nitrogens with zero attached hydrogens (tertiary/aromatic N) is 1. The number of amides is 1. The molecule has 0 aromatic carbocycles. The summed E-state index contributed by atoms with van der Waals surface area (Å²) in [7, 11) is 0. The van der Waals surface area contributed by atoms with E-state index in [9.17, 15) is 4.79 Å². The number of carbonyl (C=O) groups excluding carboxylic acids is 1. The average Bonchev–Trinajstić information content (AvgIpc) is 2.91. The van der Waals surface area contributed by atoms with E-state index in [0.29, 0.717) is 6.42 Å². The molecule has 0 aliphatic heterocycles. The highest BCUT2D eigenvalue weighted by molar-refractivity contribution is 7.80. The molecule has 0 bridgehead atoms. The number of aryl methyl sites for hydroxylation is 1. The van der Waals surface area contributed by atoms with E-state index >= 15 is 0 Å². The first-order chi connectivity index (χ1) is 8.04. The van der Waals surface area contributed by atoms with Crippen LogP contribution >= 0.6 is 24.0 Å². The lowest BCUT2D eigenvalue weighted by Gasteiger charge is -2.15. The van der Waals surface area contributed by atoms with Crippen molar-refractivity contribution in [2.24, 2.45) is 5.41 Å². The average molecular weight is 270 g/mol. The Morgan fingerprint density at radius 3 is 2.88 bits per heavy atom. The fourth-order valence-electron chi connectivity index (χ4n) is 1.83. The van der Waals surface area contributed by atoms with Crippen molar-refractivity contribution in [3.8, 4) is 0 Å². The van der Waals surface area contributed by atoms with Gasteiger partial charge in [-0.15, -0.1) is 11.3 Å². The number of carbonyl (C=O) groups is 1. The Balaban J connectivity index is 1.86. The van der Waals surface area contributed by atoms with Crippen LogP contribution in [0, 0.1) is 12.3 Å². The monoisotopic (exact) mass is 270 g/mol. The zero-order valence-electron chi connectivity index (χ0n) is 10.2. The van der Waals surface area contributed by atoms with Gasteiger partial charge in [-0.1, -0.05) is 0 Å². The summed E-state index contributed by atoms with van der Waals surface area (Å²) < 4.78 is 0. The topological polar surface area (TPSA) is 42.0 Å². The number of aromatic nitrogens is 1. The highest BCUT2D eigenvalue weighted by Crippen LogP contribution is 2.49. The van der Waals surface area contributed by atoms with Gasteiger partial charge in [-0.2, -0.15) is 12.6 Å². The Kier molecular flexibility index (Phi) is 3.78. The quantitative estimate of drug-likeness (QED) is 0.808. The maximum atomic E-state index is 11.9. The van der Waals surface area contributed by atoms with Crippen molar-refractivity contribution in [2.75, 3.05) is 5.75 Å². The van der Waals surface area contributed by atoms with Crippen LogP contribution in [0.3, 0.4) is 0 Å². The standard InChI is InChI=1S/C12H18N2OS2/c1-8-6-13-11(17-8)9(2)14-10(15)5-12(7-16)3-4-12/h6,9,16H,3-5,7H2,1-2H3,(H,14,15). The van der Waals surface area contributed by atoms with Crippen molar-refractivity contribution < 1.29 is 4.79 Å². The second-order valence-electron chi connectivity index (χ2n) is 4.93. The molecule has 94 valence electrons. The van der Waals surface area contributed by atoms with Crippen LogP contribution in [0.25, 0.3) is 0 Å². The molecule has 1 aliphatic carbocycles. The van der Waals surface area contributed by atoms with Crippen molar-refractivity contribution in [1.82, 2.24) is 10.3 Å². The van der Waals surface area contributed by atoms with Crippen molar-refractivity contribution in [3.63, 3.8) is 0 Å². The van der Waals surface area contributed by atoms with Gasteiger partial charge in [0.2, 0.25) is 5.91 Å². The molecular weight excluding hydrogens is 252 g/mol. The van der Waals surface area contributed by atoms with Gasteiger partial charge in [0, 0.05) is 17.5 Å². The van der Waals surface area contributed by atoms with Gasteiger partial charge >= 0.3 is 0 Å². The predicted octanol–water partition coefficient (Wildman–Crippen LogP) is 2.73. The molecule has 5 heteroatoms. The minimum Gasteiger partial charge on any atom is -0.347 e. The van der Waals surface area contributed by atoms with Gasteiger partial charge in [0.15, 0.2) is 0 Å². The van der Waals surface area contributed by atoms with Crippen molar-refractivity contribution >= 4 is 29.9 Å². The molecule has 0 saturated heterocycles. The molecule has 1 atom stereocenters. The molecular formula is C12H18N2OS2. The summed E-state index contributed by atoms with van der Waals surface area (Å²) in [6.07, 6.45) is 4.72. The Morgan fingerprint density at radius 2 is 2.41 bits per heavy atom. The van der Waals surface area contributed by atoms with Crippen LogP contribution in [0.4, 0.5) is 0 Å². The molecule has 17 heavy (non-hydrogen) atoms. The number of thiazole rings is 1.